The van der Waals surface area contributed by atoms with Gasteiger partial charge in [-0.2, -0.15) is 0 Å². The SMILES string of the molecule is CC(Cl)C(=O)N1CCCOCC1C. The van der Waals surface area contributed by atoms with Crippen molar-refractivity contribution in [2.45, 2.75) is 31.7 Å². The second-order valence-electron chi connectivity index (χ2n) is 3.43. The molecule has 1 heterocycles. The Bertz CT molecular complexity index is 184. The maximum absolute atomic E-state index is 11.6. The molecule has 0 N–H and O–H groups in total. The zero-order valence-corrected chi connectivity index (χ0v) is 8.88. The molecule has 0 radical (unpaired) electrons. The first-order chi connectivity index (χ1) is 6.13. The molecule has 3 nitrogen and oxygen atoms in total. The third kappa shape index (κ3) is 2.85. The van der Waals surface area contributed by atoms with Crippen LogP contribution >= 0.6 is 11.6 Å². The molecular weight excluding hydrogens is 190 g/mol. The number of alkyl halides is 1. The first-order valence-corrected chi connectivity index (χ1v) is 5.09. The minimum absolute atomic E-state index is 0.0136. The summed E-state index contributed by atoms with van der Waals surface area (Å²) in [6.45, 7) is 5.82. The maximum Gasteiger partial charge on any atom is 0.240 e. The molecule has 76 valence electrons. The highest BCUT2D eigenvalue weighted by molar-refractivity contribution is 6.30. The summed E-state index contributed by atoms with van der Waals surface area (Å²) in [4.78, 5) is 13.4. The van der Waals surface area contributed by atoms with Crippen LogP contribution < -0.4 is 0 Å². The Hall–Kier alpha value is -0.280. The Kier molecular flexibility index (Phi) is 4.00. The van der Waals surface area contributed by atoms with Crippen LogP contribution in [-0.2, 0) is 9.53 Å². The fraction of sp³-hybridized carbons (Fsp3) is 0.889. The van der Waals surface area contributed by atoms with Crippen LogP contribution in [0.25, 0.3) is 0 Å². The molecule has 1 rings (SSSR count). The van der Waals surface area contributed by atoms with Crippen molar-refractivity contribution in [1.29, 1.82) is 0 Å². The zero-order valence-electron chi connectivity index (χ0n) is 8.12. The molecule has 0 aromatic heterocycles. The van der Waals surface area contributed by atoms with Crippen molar-refractivity contribution in [2.75, 3.05) is 19.8 Å². The molecule has 1 aliphatic rings. The van der Waals surface area contributed by atoms with Gasteiger partial charge in [0.05, 0.1) is 12.6 Å². The van der Waals surface area contributed by atoms with Crippen LogP contribution in [0, 0.1) is 0 Å². The number of carbonyl (C=O) groups excluding carboxylic acids is 1. The van der Waals surface area contributed by atoms with Gasteiger partial charge in [-0.15, -0.1) is 11.6 Å². The maximum atomic E-state index is 11.6. The van der Waals surface area contributed by atoms with E-state index in [0.717, 1.165) is 19.6 Å². The van der Waals surface area contributed by atoms with E-state index in [4.69, 9.17) is 16.3 Å². The molecule has 1 aliphatic heterocycles. The van der Waals surface area contributed by atoms with Gasteiger partial charge in [-0.05, 0) is 20.3 Å². The summed E-state index contributed by atoms with van der Waals surface area (Å²) in [5.74, 6) is 0.0136. The van der Waals surface area contributed by atoms with Crippen molar-refractivity contribution < 1.29 is 9.53 Å². The largest absolute Gasteiger partial charge is 0.379 e. The standard InChI is InChI=1S/C9H16ClNO2/c1-7-6-13-5-3-4-11(7)9(12)8(2)10/h7-8H,3-6H2,1-2H3. The smallest absolute Gasteiger partial charge is 0.240 e. The average molecular weight is 206 g/mol. The molecule has 2 unspecified atom stereocenters. The van der Waals surface area contributed by atoms with Gasteiger partial charge in [-0.1, -0.05) is 0 Å². The molecular formula is C9H16ClNO2. The Morgan fingerprint density at radius 1 is 1.69 bits per heavy atom. The number of rotatable bonds is 1. The summed E-state index contributed by atoms with van der Waals surface area (Å²) in [5, 5.41) is -0.430. The Labute approximate surface area is 84.0 Å². The van der Waals surface area contributed by atoms with Gasteiger partial charge in [-0.25, -0.2) is 0 Å². The summed E-state index contributed by atoms with van der Waals surface area (Å²) in [5.41, 5.74) is 0. The van der Waals surface area contributed by atoms with Crippen LogP contribution in [0.4, 0.5) is 0 Å². The Morgan fingerprint density at radius 3 is 3.00 bits per heavy atom. The van der Waals surface area contributed by atoms with Crippen LogP contribution in [-0.4, -0.2) is 42.0 Å². The monoisotopic (exact) mass is 205 g/mol. The summed E-state index contributed by atoms with van der Waals surface area (Å²) in [6.07, 6.45) is 0.902. The molecule has 2 atom stereocenters. The highest BCUT2D eigenvalue weighted by Gasteiger charge is 2.24. The molecule has 0 bridgehead atoms. The highest BCUT2D eigenvalue weighted by atomic mass is 35.5. The van der Waals surface area contributed by atoms with Gasteiger partial charge in [0.25, 0.3) is 0 Å². The number of nitrogens with zero attached hydrogens (tertiary/aromatic N) is 1. The lowest BCUT2D eigenvalue weighted by Crippen LogP contribution is -2.43. The van der Waals surface area contributed by atoms with Gasteiger partial charge in [0.15, 0.2) is 0 Å². The molecule has 0 aliphatic carbocycles. The summed E-state index contributed by atoms with van der Waals surface area (Å²) in [7, 11) is 0. The first-order valence-electron chi connectivity index (χ1n) is 4.65. The van der Waals surface area contributed by atoms with Crippen LogP contribution in [0.1, 0.15) is 20.3 Å². The quantitative estimate of drug-likeness (QED) is 0.603. The van der Waals surface area contributed by atoms with Gasteiger partial charge in [-0.3, -0.25) is 4.79 Å². The minimum atomic E-state index is -0.430. The lowest BCUT2D eigenvalue weighted by atomic mass is 10.2. The summed E-state index contributed by atoms with van der Waals surface area (Å²) < 4.78 is 5.33. The van der Waals surface area contributed by atoms with Gasteiger partial charge >= 0.3 is 0 Å². The van der Waals surface area contributed by atoms with Crippen LogP contribution in [0.5, 0.6) is 0 Å². The second kappa shape index (κ2) is 4.82. The second-order valence-corrected chi connectivity index (χ2v) is 4.08. The van der Waals surface area contributed by atoms with Crippen molar-refractivity contribution in [1.82, 2.24) is 4.90 Å². The van der Waals surface area contributed by atoms with Crippen molar-refractivity contribution in [3.63, 3.8) is 0 Å². The van der Waals surface area contributed by atoms with E-state index in [-0.39, 0.29) is 11.9 Å². The molecule has 1 fully saturated rings. The summed E-state index contributed by atoms with van der Waals surface area (Å²) in [6, 6.07) is 0.149. The van der Waals surface area contributed by atoms with E-state index < -0.39 is 5.38 Å². The topological polar surface area (TPSA) is 29.5 Å². The Morgan fingerprint density at radius 2 is 2.38 bits per heavy atom. The predicted octanol–water partition coefficient (Wildman–Crippen LogP) is 1.25. The van der Waals surface area contributed by atoms with E-state index >= 15 is 0 Å². The number of amides is 1. The van der Waals surface area contributed by atoms with Crippen LogP contribution in [0.3, 0.4) is 0 Å². The van der Waals surface area contributed by atoms with E-state index in [2.05, 4.69) is 0 Å². The van der Waals surface area contributed by atoms with E-state index in [1.807, 2.05) is 11.8 Å². The highest BCUT2D eigenvalue weighted by Crippen LogP contribution is 2.10. The van der Waals surface area contributed by atoms with Gasteiger partial charge in [0.1, 0.15) is 5.38 Å². The van der Waals surface area contributed by atoms with Crippen molar-refractivity contribution in [3.05, 3.63) is 0 Å². The molecule has 0 aromatic rings. The first kappa shape index (κ1) is 10.8. The van der Waals surface area contributed by atoms with Crippen molar-refractivity contribution in [3.8, 4) is 0 Å². The lowest BCUT2D eigenvalue weighted by molar-refractivity contribution is -0.132. The van der Waals surface area contributed by atoms with E-state index in [9.17, 15) is 4.79 Å². The number of halogens is 1. The fourth-order valence-corrected chi connectivity index (χ4v) is 1.58. The normalized spacial score (nSPS) is 26.7. The predicted molar refractivity (Wildman–Crippen MR) is 51.9 cm³/mol. The number of hydrogen-bond donors (Lipinski definition) is 0. The van der Waals surface area contributed by atoms with Crippen molar-refractivity contribution in [2.24, 2.45) is 0 Å². The molecule has 0 aromatic carbocycles. The van der Waals surface area contributed by atoms with E-state index in [1.54, 1.807) is 6.92 Å². The molecule has 0 spiro atoms. The van der Waals surface area contributed by atoms with E-state index in [0.29, 0.717) is 6.61 Å². The van der Waals surface area contributed by atoms with Gasteiger partial charge in [0.2, 0.25) is 5.91 Å². The third-order valence-electron chi connectivity index (χ3n) is 2.20. The fourth-order valence-electron chi connectivity index (χ4n) is 1.46. The Balaban J connectivity index is 2.58. The van der Waals surface area contributed by atoms with Gasteiger partial charge in [0, 0.05) is 13.2 Å². The third-order valence-corrected chi connectivity index (χ3v) is 2.39. The minimum Gasteiger partial charge on any atom is -0.379 e. The van der Waals surface area contributed by atoms with E-state index in [1.165, 1.54) is 0 Å². The van der Waals surface area contributed by atoms with Crippen LogP contribution in [0.15, 0.2) is 0 Å². The number of ether oxygens (including phenoxy) is 1. The molecule has 4 heteroatoms. The van der Waals surface area contributed by atoms with Gasteiger partial charge < -0.3 is 9.64 Å². The molecule has 0 saturated carbocycles. The lowest BCUT2D eigenvalue weighted by Gasteiger charge is -2.27. The number of hydrogen-bond acceptors (Lipinski definition) is 2. The van der Waals surface area contributed by atoms with Crippen molar-refractivity contribution >= 4 is 17.5 Å². The average Bonchev–Trinajstić information content (AvgIpc) is 2.28. The molecule has 1 saturated heterocycles. The summed E-state index contributed by atoms with van der Waals surface area (Å²) >= 11 is 5.75. The number of carbonyl (C=O) groups is 1. The molecule has 13 heavy (non-hydrogen) atoms. The van der Waals surface area contributed by atoms with Crippen LogP contribution in [0.2, 0.25) is 0 Å². The zero-order chi connectivity index (χ0) is 9.84. The molecule has 1 amide bonds.